The van der Waals surface area contributed by atoms with E-state index in [4.69, 9.17) is 5.84 Å². The summed E-state index contributed by atoms with van der Waals surface area (Å²) in [5.41, 5.74) is 3.83. The SMILES string of the molecule is NNC(=O)c1cccc(CSc2ccccc2)c1. The minimum absolute atomic E-state index is 0.262. The number of nitrogens with two attached hydrogens (primary N) is 1. The van der Waals surface area contributed by atoms with Crippen LogP contribution in [0.4, 0.5) is 0 Å². The summed E-state index contributed by atoms with van der Waals surface area (Å²) in [6, 6.07) is 17.6. The fraction of sp³-hybridized carbons (Fsp3) is 0.0714. The molecule has 0 atom stereocenters. The third-order valence-corrected chi connectivity index (χ3v) is 3.55. The van der Waals surface area contributed by atoms with E-state index in [1.165, 1.54) is 4.90 Å². The van der Waals surface area contributed by atoms with Crippen LogP contribution in [0.5, 0.6) is 0 Å². The van der Waals surface area contributed by atoms with Gasteiger partial charge in [-0.15, -0.1) is 11.8 Å². The molecular weight excluding hydrogens is 244 g/mol. The fourth-order valence-corrected chi connectivity index (χ4v) is 2.43. The number of hydrogen-bond acceptors (Lipinski definition) is 3. The van der Waals surface area contributed by atoms with Crippen LogP contribution in [0.1, 0.15) is 15.9 Å². The molecule has 0 radical (unpaired) electrons. The van der Waals surface area contributed by atoms with Gasteiger partial charge < -0.3 is 0 Å². The Morgan fingerprint density at radius 3 is 2.61 bits per heavy atom. The van der Waals surface area contributed by atoms with Crippen molar-refractivity contribution >= 4 is 17.7 Å². The number of nitrogen functional groups attached to an aromatic ring is 1. The summed E-state index contributed by atoms with van der Waals surface area (Å²) in [5.74, 6) is 5.68. The highest BCUT2D eigenvalue weighted by Gasteiger charge is 2.04. The molecule has 0 saturated heterocycles. The molecule has 0 fully saturated rings. The highest BCUT2D eigenvalue weighted by Crippen LogP contribution is 2.22. The minimum Gasteiger partial charge on any atom is -0.290 e. The largest absolute Gasteiger partial charge is 0.290 e. The topological polar surface area (TPSA) is 55.1 Å². The molecule has 4 heteroatoms. The maximum Gasteiger partial charge on any atom is 0.265 e. The summed E-state index contributed by atoms with van der Waals surface area (Å²) in [6.45, 7) is 0. The van der Waals surface area contributed by atoms with Crippen LogP contribution >= 0.6 is 11.8 Å². The van der Waals surface area contributed by atoms with Crippen molar-refractivity contribution < 1.29 is 4.79 Å². The average molecular weight is 258 g/mol. The van der Waals surface area contributed by atoms with Gasteiger partial charge in [0.2, 0.25) is 0 Å². The Balaban J connectivity index is 2.04. The summed E-state index contributed by atoms with van der Waals surface area (Å²) in [4.78, 5) is 12.6. The first-order valence-electron chi connectivity index (χ1n) is 5.57. The molecule has 1 amide bonds. The van der Waals surface area contributed by atoms with Gasteiger partial charge in [0.15, 0.2) is 0 Å². The number of carbonyl (C=O) groups excluding carboxylic acids is 1. The van der Waals surface area contributed by atoms with Gasteiger partial charge in [0, 0.05) is 16.2 Å². The van der Waals surface area contributed by atoms with Crippen molar-refractivity contribution in [2.45, 2.75) is 10.6 Å². The Hall–Kier alpha value is -1.78. The maximum atomic E-state index is 11.4. The number of hydrazine groups is 1. The monoisotopic (exact) mass is 258 g/mol. The van der Waals surface area contributed by atoms with Crippen molar-refractivity contribution in [2.24, 2.45) is 5.84 Å². The molecule has 2 aromatic rings. The van der Waals surface area contributed by atoms with E-state index in [2.05, 4.69) is 17.6 Å². The average Bonchev–Trinajstić information content (AvgIpc) is 2.45. The molecule has 92 valence electrons. The number of nitrogens with one attached hydrogen (secondary N) is 1. The smallest absolute Gasteiger partial charge is 0.265 e. The lowest BCUT2D eigenvalue weighted by molar-refractivity contribution is 0.0953. The van der Waals surface area contributed by atoms with Gasteiger partial charge in [-0.1, -0.05) is 30.3 Å². The van der Waals surface area contributed by atoms with Gasteiger partial charge >= 0.3 is 0 Å². The normalized spacial score (nSPS) is 10.1. The van der Waals surface area contributed by atoms with E-state index in [-0.39, 0.29) is 5.91 Å². The zero-order valence-corrected chi connectivity index (χ0v) is 10.6. The molecule has 0 aromatic heterocycles. The first-order chi connectivity index (χ1) is 8.79. The predicted molar refractivity (Wildman–Crippen MR) is 74.1 cm³/mol. The van der Waals surface area contributed by atoms with Crippen molar-refractivity contribution in [1.29, 1.82) is 0 Å². The van der Waals surface area contributed by atoms with E-state index in [0.717, 1.165) is 11.3 Å². The maximum absolute atomic E-state index is 11.4. The first-order valence-corrected chi connectivity index (χ1v) is 6.56. The van der Waals surface area contributed by atoms with Crippen LogP contribution in [0.25, 0.3) is 0 Å². The number of benzene rings is 2. The van der Waals surface area contributed by atoms with Gasteiger partial charge in [0.1, 0.15) is 0 Å². The molecule has 0 aliphatic heterocycles. The van der Waals surface area contributed by atoms with Crippen LogP contribution in [-0.2, 0) is 5.75 Å². The van der Waals surface area contributed by atoms with Crippen molar-refractivity contribution in [2.75, 3.05) is 0 Å². The van der Waals surface area contributed by atoms with E-state index < -0.39 is 0 Å². The van der Waals surface area contributed by atoms with Crippen molar-refractivity contribution in [3.05, 3.63) is 65.7 Å². The Morgan fingerprint density at radius 2 is 1.89 bits per heavy atom. The highest BCUT2D eigenvalue weighted by molar-refractivity contribution is 7.98. The summed E-state index contributed by atoms with van der Waals surface area (Å²) >= 11 is 1.74. The standard InChI is InChI=1S/C14H14N2OS/c15-16-14(17)12-6-4-5-11(9-12)10-18-13-7-2-1-3-8-13/h1-9H,10,15H2,(H,16,17). The van der Waals surface area contributed by atoms with Crippen LogP contribution in [0.3, 0.4) is 0 Å². The van der Waals surface area contributed by atoms with Gasteiger partial charge in [-0.2, -0.15) is 0 Å². The second-order valence-corrected chi connectivity index (χ2v) is 4.82. The van der Waals surface area contributed by atoms with E-state index >= 15 is 0 Å². The van der Waals surface area contributed by atoms with Crippen LogP contribution in [0.2, 0.25) is 0 Å². The molecule has 2 rings (SSSR count). The lowest BCUT2D eigenvalue weighted by Crippen LogP contribution is -2.29. The highest BCUT2D eigenvalue weighted by atomic mass is 32.2. The Morgan fingerprint density at radius 1 is 1.11 bits per heavy atom. The zero-order valence-electron chi connectivity index (χ0n) is 9.80. The van der Waals surface area contributed by atoms with E-state index in [0.29, 0.717) is 5.56 Å². The van der Waals surface area contributed by atoms with Crippen LogP contribution < -0.4 is 11.3 Å². The van der Waals surface area contributed by atoms with E-state index in [9.17, 15) is 4.79 Å². The number of hydrogen-bond donors (Lipinski definition) is 2. The summed E-state index contributed by atoms with van der Waals surface area (Å²) in [6.07, 6.45) is 0. The molecule has 0 saturated carbocycles. The Bertz CT molecular complexity index is 528. The van der Waals surface area contributed by atoms with Gasteiger partial charge in [0.25, 0.3) is 5.91 Å². The van der Waals surface area contributed by atoms with Gasteiger partial charge in [0.05, 0.1) is 0 Å². The van der Waals surface area contributed by atoms with Crippen LogP contribution in [0.15, 0.2) is 59.5 Å². The van der Waals surface area contributed by atoms with Gasteiger partial charge in [-0.3, -0.25) is 10.2 Å². The number of rotatable bonds is 4. The zero-order chi connectivity index (χ0) is 12.8. The molecule has 3 nitrogen and oxygen atoms in total. The van der Waals surface area contributed by atoms with Gasteiger partial charge in [-0.25, -0.2) is 5.84 Å². The lowest BCUT2D eigenvalue weighted by atomic mass is 10.1. The quantitative estimate of drug-likeness (QED) is 0.383. The molecule has 0 aliphatic carbocycles. The number of carbonyl (C=O) groups is 1. The summed E-state index contributed by atoms with van der Waals surface area (Å²) < 4.78 is 0. The third-order valence-electron chi connectivity index (χ3n) is 2.47. The second kappa shape index (κ2) is 6.23. The third kappa shape index (κ3) is 3.35. The summed E-state index contributed by atoms with van der Waals surface area (Å²) in [7, 11) is 0. The Labute approximate surface area is 110 Å². The van der Waals surface area contributed by atoms with Gasteiger partial charge in [-0.05, 0) is 29.8 Å². The Kier molecular flexibility index (Phi) is 4.39. The lowest BCUT2D eigenvalue weighted by Gasteiger charge is -2.04. The molecular formula is C14H14N2OS. The first kappa shape index (κ1) is 12.7. The number of thioether (sulfide) groups is 1. The number of amides is 1. The molecule has 3 N–H and O–H groups in total. The fourth-order valence-electron chi connectivity index (χ4n) is 1.57. The predicted octanol–water partition coefficient (Wildman–Crippen LogP) is 2.58. The van der Waals surface area contributed by atoms with Crippen molar-refractivity contribution in [3.63, 3.8) is 0 Å². The molecule has 0 heterocycles. The van der Waals surface area contributed by atoms with Crippen LogP contribution in [0, 0.1) is 0 Å². The molecule has 0 bridgehead atoms. The van der Waals surface area contributed by atoms with Crippen LogP contribution in [-0.4, -0.2) is 5.91 Å². The molecule has 0 aliphatic rings. The molecule has 18 heavy (non-hydrogen) atoms. The minimum atomic E-state index is -0.262. The van der Waals surface area contributed by atoms with Crippen molar-refractivity contribution in [1.82, 2.24) is 5.43 Å². The second-order valence-electron chi connectivity index (χ2n) is 3.78. The van der Waals surface area contributed by atoms with E-state index in [1.807, 2.05) is 36.4 Å². The molecule has 2 aromatic carbocycles. The molecule has 0 spiro atoms. The summed E-state index contributed by atoms with van der Waals surface area (Å²) in [5, 5.41) is 0. The van der Waals surface area contributed by atoms with Crippen molar-refractivity contribution in [3.8, 4) is 0 Å². The molecule has 0 unspecified atom stereocenters. The van der Waals surface area contributed by atoms with E-state index in [1.54, 1.807) is 17.8 Å².